The Morgan fingerprint density at radius 1 is 0.653 bits per heavy atom. The Morgan fingerprint density at radius 3 is 1.39 bits per heavy atom. The van der Waals surface area contributed by atoms with Gasteiger partial charge in [0.25, 0.3) is 0 Å². The first-order valence-corrected chi connectivity index (χ1v) is 16.0. The summed E-state index contributed by atoms with van der Waals surface area (Å²) < 4.78 is 48.7. The number of ether oxygens (including phenoxy) is 2. The number of hydrogen-bond donors (Lipinski definition) is 6. The van der Waals surface area contributed by atoms with Gasteiger partial charge < -0.3 is 14.9 Å². The topological polar surface area (TPSA) is 153 Å². The van der Waals surface area contributed by atoms with Gasteiger partial charge in [0.2, 0.25) is 0 Å². The first-order valence-electron chi connectivity index (χ1n) is 12.9. The summed E-state index contributed by atoms with van der Waals surface area (Å²) in [4.78, 5) is 21.7. The van der Waals surface area contributed by atoms with E-state index in [4.69, 9.17) is 90.8 Å². The maximum Gasteiger partial charge on any atom is 0.426 e. The van der Waals surface area contributed by atoms with Crippen molar-refractivity contribution in [2.75, 3.05) is 10.9 Å². The second-order valence-electron chi connectivity index (χ2n) is 10.7. The Bertz CT molecular complexity index is 1530. The molecule has 3 rings (SSSR count). The zero-order valence-corrected chi connectivity index (χ0v) is 33.4. The average molecular weight is 903 g/mol. The van der Waals surface area contributed by atoms with Gasteiger partial charge >= 0.3 is 12.2 Å². The smallest absolute Gasteiger partial charge is 0.426 e. The highest BCUT2D eigenvalue weighted by atomic mass is 79.9. The highest BCUT2D eigenvalue weighted by Gasteiger charge is 2.17. The number of carbonyl (C=O) groups excluding carboxylic acids is 2. The van der Waals surface area contributed by atoms with Crippen LogP contribution in [0.2, 0.25) is 30.1 Å². The van der Waals surface area contributed by atoms with Crippen LogP contribution in [0.15, 0.2) is 40.9 Å². The van der Waals surface area contributed by atoms with Gasteiger partial charge in [-0.05, 0) is 93.9 Å². The summed E-state index contributed by atoms with van der Waals surface area (Å²) in [7, 11) is 0. The average Bonchev–Trinajstić information content (AvgIpc) is 2.94. The normalized spacial score (nSPS) is 10.2. The lowest BCUT2D eigenvalue weighted by Gasteiger charge is -2.20. The summed E-state index contributed by atoms with van der Waals surface area (Å²) in [5, 5.41) is 0.566. The highest BCUT2D eigenvalue weighted by molar-refractivity contribution is 9.10. The Hall–Kier alpha value is -1.98. The predicted molar refractivity (Wildman–Crippen MR) is 199 cm³/mol. The quantitative estimate of drug-likeness (QED) is 0.0500. The number of nitrogens with one attached hydrogen (secondary N) is 4. The van der Waals surface area contributed by atoms with Gasteiger partial charge in [-0.25, -0.2) is 34.0 Å². The van der Waals surface area contributed by atoms with Gasteiger partial charge in [-0.1, -0.05) is 69.6 Å². The number of hydrazine groups is 3. The van der Waals surface area contributed by atoms with Crippen molar-refractivity contribution in [3.05, 3.63) is 88.5 Å². The summed E-state index contributed by atoms with van der Waals surface area (Å²) in [5.41, 5.74) is 8.07. The molecular formula is C28H33BrCl7F3N6O4. The lowest BCUT2D eigenvalue weighted by Crippen LogP contribution is -2.36. The largest absolute Gasteiger partial charge is 0.443 e. The molecule has 8 N–H and O–H groups in total. The Morgan fingerprint density at radius 2 is 1.02 bits per heavy atom. The molecule has 0 aliphatic carbocycles. The van der Waals surface area contributed by atoms with E-state index >= 15 is 0 Å². The highest BCUT2D eigenvalue weighted by Crippen LogP contribution is 2.30. The van der Waals surface area contributed by atoms with Gasteiger partial charge in [-0.15, -0.1) is 12.4 Å². The van der Waals surface area contributed by atoms with Crippen molar-refractivity contribution in [2.45, 2.75) is 52.7 Å². The predicted octanol–water partition coefficient (Wildman–Crippen LogP) is 11.1. The molecule has 276 valence electrons. The van der Waals surface area contributed by atoms with E-state index in [1.807, 2.05) is 5.43 Å². The molecule has 0 unspecified atom stereocenters. The number of hydrogen-bond acceptors (Lipinski definition) is 8. The molecule has 0 aromatic heterocycles. The van der Waals surface area contributed by atoms with Crippen LogP contribution < -0.4 is 33.4 Å². The van der Waals surface area contributed by atoms with Gasteiger partial charge in [0.15, 0.2) is 0 Å². The summed E-state index contributed by atoms with van der Waals surface area (Å²) in [6.07, 6.45) is -1.32. The van der Waals surface area contributed by atoms with Crippen LogP contribution in [0.25, 0.3) is 0 Å². The zero-order chi connectivity index (χ0) is 37.6. The van der Waals surface area contributed by atoms with Crippen molar-refractivity contribution in [1.29, 1.82) is 0 Å². The minimum atomic E-state index is -0.709. The molecule has 0 heterocycles. The fourth-order valence-corrected chi connectivity index (χ4v) is 4.17. The molecule has 21 heteroatoms. The van der Waals surface area contributed by atoms with E-state index < -0.39 is 40.8 Å². The molecule has 2 amide bonds. The van der Waals surface area contributed by atoms with E-state index in [9.17, 15) is 22.8 Å². The first kappa shape index (κ1) is 49.1. The molecule has 0 aliphatic rings. The number of nitrogens with two attached hydrogens (primary N) is 2. The lowest BCUT2D eigenvalue weighted by atomic mass is 10.2. The molecule has 3 aromatic carbocycles. The van der Waals surface area contributed by atoms with Gasteiger partial charge in [0.05, 0.1) is 16.4 Å². The number of halogens is 11. The van der Waals surface area contributed by atoms with Crippen LogP contribution in [0.4, 0.5) is 34.1 Å². The van der Waals surface area contributed by atoms with Crippen LogP contribution in [0, 0.1) is 17.5 Å². The minimum absolute atomic E-state index is 0. The van der Waals surface area contributed by atoms with Crippen LogP contribution in [-0.2, 0) is 9.47 Å². The van der Waals surface area contributed by atoms with Gasteiger partial charge in [-0.2, -0.15) is 0 Å². The van der Waals surface area contributed by atoms with E-state index in [0.717, 1.165) is 18.2 Å². The SMILES string of the molecule is CC(C)(C)OC(=O)NN.CC(C)(C)OC(=O)NNc1cc(Cl)cc(F)c1Cl.Cl.Fc1cc(Cl)cc(Br)c1Cl.NNc1cc(Cl)cc(F)c1Cl. The van der Waals surface area contributed by atoms with Gasteiger partial charge in [0, 0.05) is 19.5 Å². The van der Waals surface area contributed by atoms with Crippen LogP contribution >= 0.6 is 97.9 Å². The van der Waals surface area contributed by atoms with Gasteiger partial charge in [0.1, 0.15) is 38.7 Å². The molecule has 0 saturated carbocycles. The molecule has 3 aromatic rings. The van der Waals surface area contributed by atoms with Gasteiger partial charge in [-0.3, -0.25) is 16.7 Å². The van der Waals surface area contributed by atoms with Crippen molar-refractivity contribution in [1.82, 2.24) is 10.9 Å². The number of rotatable bonds is 3. The molecule has 0 atom stereocenters. The fraction of sp³-hybridized carbons (Fsp3) is 0.286. The van der Waals surface area contributed by atoms with E-state index in [0.29, 0.717) is 9.50 Å². The van der Waals surface area contributed by atoms with Crippen molar-refractivity contribution >= 4 is 122 Å². The zero-order valence-electron chi connectivity index (χ0n) is 26.4. The minimum Gasteiger partial charge on any atom is -0.443 e. The maximum absolute atomic E-state index is 13.2. The van der Waals surface area contributed by atoms with E-state index in [-0.39, 0.29) is 48.9 Å². The molecule has 0 fully saturated rings. The summed E-state index contributed by atoms with van der Waals surface area (Å²) in [6.45, 7) is 10.5. The summed E-state index contributed by atoms with van der Waals surface area (Å²) in [6, 6.07) is 7.70. The third kappa shape index (κ3) is 21.1. The number of carbonyl (C=O) groups is 2. The second-order valence-corrected chi connectivity index (χ2v) is 14.0. The Labute approximate surface area is 326 Å². The van der Waals surface area contributed by atoms with E-state index in [1.54, 1.807) is 41.5 Å². The van der Waals surface area contributed by atoms with Crippen molar-refractivity contribution in [3.8, 4) is 0 Å². The van der Waals surface area contributed by atoms with Crippen molar-refractivity contribution in [2.24, 2.45) is 11.7 Å². The second kappa shape index (κ2) is 22.8. The molecule has 49 heavy (non-hydrogen) atoms. The van der Waals surface area contributed by atoms with Crippen molar-refractivity contribution in [3.63, 3.8) is 0 Å². The first-order chi connectivity index (χ1) is 21.9. The van der Waals surface area contributed by atoms with Crippen LogP contribution in [0.3, 0.4) is 0 Å². The van der Waals surface area contributed by atoms with Crippen LogP contribution in [0.1, 0.15) is 41.5 Å². The molecule has 10 nitrogen and oxygen atoms in total. The Balaban J connectivity index is 0. The number of anilines is 2. The Kier molecular flexibility index (Phi) is 22.8. The standard InChI is InChI=1S/C11H13Cl2FN2O2.C6H2BrCl2F.C6H5Cl2FN2.C5H12N2O2.ClH/c1-11(2,3)18-10(17)16-15-8-5-6(12)4-7(14)9(8)13;7-4-1-3(8)2-5(10)6(4)9;7-3-1-4(9)6(8)5(2-3)11-10;1-5(2,3)9-4(8)7-6;/h4-5,15H,1-3H3,(H,16,17);1-2H;1-2,11H,10H2;6H2,1-3H3,(H,7,8);1H. The summed E-state index contributed by atoms with van der Waals surface area (Å²) >= 11 is 36.4. The third-order valence-corrected chi connectivity index (χ3v) is 6.97. The van der Waals surface area contributed by atoms with Crippen LogP contribution in [0.5, 0.6) is 0 Å². The molecular weight excluding hydrogens is 869 g/mol. The monoisotopic (exact) mass is 898 g/mol. The third-order valence-electron chi connectivity index (χ3n) is 4.30. The fourth-order valence-electron chi connectivity index (χ4n) is 2.56. The number of amides is 2. The van der Waals surface area contributed by atoms with Crippen LogP contribution in [-0.4, -0.2) is 23.4 Å². The van der Waals surface area contributed by atoms with E-state index in [1.165, 1.54) is 18.2 Å². The molecule has 0 bridgehead atoms. The van der Waals surface area contributed by atoms with Crippen molar-refractivity contribution < 1.29 is 32.2 Å². The maximum atomic E-state index is 13.2. The molecule has 0 saturated heterocycles. The number of nitrogen functional groups attached to an aromatic ring is 1. The molecule has 0 radical (unpaired) electrons. The lowest BCUT2D eigenvalue weighted by molar-refractivity contribution is 0.0521. The summed E-state index contributed by atoms with van der Waals surface area (Å²) in [5.74, 6) is 8.00. The molecule has 0 spiro atoms. The number of benzene rings is 3. The van der Waals surface area contributed by atoms with E-state index in [2.05, 4.69) is 32.2 Å². The molecule has 0 aliphatic heterocycles.